The molecule has 0 atom stereocenters. The summed E-state index contributed by atoms with van der Waals surface area (Å²) in [6, 6.07) is 8.27. The van der Waals surface area contributed by atoms with E-state index >= 15 is 0 Å². The van der Waals surface area contributed by atoms with Crippen molar-refractivity contribution in [2.24, 2.45) is 0 Å². The minimum atomic E-state index is -4.13. The molecule has 2 N–H and O–H groups in total. The van der Waals surface area contributed by atoms with Gasteiger partial charge in [0.1, 0.15) is 10.7 Å². The highest BCUT2D eigenvalue weighted by atomic mass is 32.2. The van der Waals surface area contributed by atoms with E-state index in [-0.39, 0.29) is 18.0 Å². The fourth-order valence-corrected chi connectivity index (χ4v) is 3.58. The average molecular weight is 416 g/mol. The van der Waals surface area contributed by atoms with E-state index in [0.717, 1.165) is 17.7 Å². The minimum absolute atomic E-state index is 0.0204. The molecule has 0 aliphatic carbocycles. The first-order valence-electron chi connectivity index (χ1n) is 8.40. The second kappa shape index (κ2) is 8.33. The SMILES string of the molecule is C=CCNS(=O)(=O)c1cc(C(=O)Nc2cc(-c3nnco3)ccc2C)ccc1F. The quantitative estimate of drug-likeness (QED) is 0.573. The molecule has 1 heterocycles. The number of nitrogens with zero attached hydrogens (tertiary/aromatic N) is 2. The van der Waals surface area contributed by atoms with Crippen LogP contribution in [-0.2, 0) is 10.0 Å². The Morgan fingerprint density at radius 1 is 1.28 bits per heavy atom. The molecule has 3 rings (SSSR count). The molecule has 2 aromatic carbocycles. The number of halogens is 1. The number of benzene rings is 2. The van der Waals surface area contributed by atoms with E-state index in [9.17, 15) is 17.6 Å². The Hall–Kier alpha value is -3.37. The maximum atomic E-state index is 14.1. The van der Waals surface area contributed by atoms with Gasteiger partial charge in [-0.05, 0) is 42.8 Å². The summed E-state index contributed by atoms with van der Waals surface area (Å²) in [4.78, 5) is 12.0. The topological polar surface area (TPSA) is 114 Å². The number of amides is 1. The molecule has 1 aromatic heterocycles. The van der Waals surface area contributed by atoms with Gasteiger partial charge in [0.25, 0.3) is 5.91 Å². The molecule has 0 fully saturated rings. The zero-order valence-corrected chi connectivity index (χ0v) is 16.2. The lowest BCUT2D eigenvalue weighted by atomic mass is 10.1. The van der Waals surface area contributed by atoms with Crippen molar-refractivity contribution in [1.82, 2.24) is 14.9 Å². The van der Waals surface area contributed by atoms with Gasteiger partial charge in [0.15, 0.2) is 0 Å². The van der Waals surface area contributed by atoms with E-state index in [0.29, 0.717) is 11.3 Å². The number of aromatic nitrogens is 2. The Bertz CT molecular complexity index is 1160. The van der Waals surface area contributed by atoms with Gasteiger partial charge < -0.3 is 9.73 Å². The van der Waals surface area contributed by atoms with Gasteiger partial charge in [-0.25, -0.2) is 17.5 Å². The van der Waals surface area contributed by atoms with Crippen LogP contribution in [0.4, 0.5) is 10.1 Å². The van der Waals surface area contributed by atoms with Gasteiger partial charge in [-0.3, -0.25) is 4.79 Å². The normalized spacial score (nSPS) is 11.2. The second-order valence-electron chi connectivity index (χ2n) is 6.01. The van der Waals surface area contributed by atoms with Crippen LogP contribution in [0.25, 0.3) is 11.5 Å². The van der Waals surface area contributed by atoms with Gasteiger partial charge in [0.05, 0.1) is 0 Å². The number of sulfonamides is 1. The van der Waals surface area contributed by atoms with E-state index in [2.05, 4.69) is 26.8 Å². The summed E-state index contributed by atoms with van der Waals surface area (Å²) in [5.74, 6) is -1.28. The van der Waals surface area contributed by atoms with Crippen LogP contribution in [0.5, 0.6) is 0 Å². The molecule has 150 valence electrons. The number of aryl methyl sites for hydroxylation is 1. The first-order valence-corrected chi connectivity index (χ1v) is 9.89. The lowest BCUT2D eigenvalue weighted by Gasteiger charge is -2.11. The van der Waals surface area contributed by atoms with Crippen molar-refractivity contribution < 1.29 is 22.0 Å². The zero-order chi connectivity index (χ0) is 21.0. The van der Waals surface area contributed by atoms with Crippen molar-refractivity contribution >= 4 is 21.6 Å². The molecule has 3 aromatic rings. The molecule has 8 nitrogen and oxygen atoms in total. The molecule has 0 spiro atoms. The third kappa shape index (κ3) is 4.55. The summed E-state index contributed by atoms with van der Waals surface area (Å²) in [6.07, 6.45) is 2.51. The maximum absolute atomic E-state index is 14.1. The maximum Gasteiger partial charge on any atom is 0.255 e. The Labute approximate surface area is 166 Å². The van der Waals surface area contributed by atoms with Crippen LogP contribution < -0.4 is 10.0 Å². The first-order chi connectivity index (χ1) is 13.8. The van der Waals surface area contributed by atoms with Crippen LogP contribution in [0.2, 0.25) is 0 Å². The third-order valence-corrected chi connectivity index (χ3v) is 5.43. The summed E-state index contributed by atoms with van der Waals surface area (Å²) < 4.78 is 45.8. The lowest BCUT2D eigenvalue weighted by molar-refractivity contribution is 0.102. The molecular weight excluding hydrogens is 399 g/mol. The summed E-state index contributed by atoms with van der Waals surface area (Å²) in [6.45, 7) is 5.12. The number of hydrogen-bond acceptors (Lipinski definition) is 6. The highest BCUT2D eigenvalue weighted by molar-refractivity contribution is 7.89. The van der Waals surface area contributed by atoms with Crippen molar-refractivity contribution in [3.8, 4) is 11.5 Å². The van der Waals surface area contributed by atoms with Crippen molar-refractivity contribution in [3.63, 3.8) is 0 Å². The second-order valence-corrected chi connectivity index (χ2v) is 7.75. The predicted octanol–water partition coefficient (Wildman–Crippen LogP) is 2.90. The first kappa shape index (κ1) is 20.4. The van der Waals surface area contributed by atoms with E-state index in [1.165, 1.54) is 18.5 Å². The number of nitrogens with one attached hydrogen (secondary N) is 2. The fourth-order valence-electron chi connectivity index (χ4n) is 2.48. The molecule has 0 bridgehead atoms. The standard InChI is InChI=1S/C19H17FN4O4S/c1-3-8-22-29(26,27)17-10-13(6-7-15(17)20)18(25)23-16-9-14(5-4-12(16)2)19-24-21-11-28-19/h3-7,9-11,22H,1,8H2,2H3,(H,23,25). The molecule has 0 radical (unpaired) electrons. The Balaban J connectivity index is 1.89. The summed E-state index contributed by atoms with van der Waals surface area (Å²) >= 11 is 0. The molecular formula is C19H17FN4O4S. The third-order valence-electron chi connectivity index (χ3n) is 3.99. The molecule has 0 saturated heterocycles. The molecule has 1 amide bonds. The summed E-state index contributed by atoms with van der Waals surface area (Å²) in [5.41, 5.74) is 1.79. The molecule has 29 heavy (non-hydrogen) atoms. The van der Waals surface area contributed by atoms with E-state index in [1.807, 2.05) is 0 Å². The van der Waals surface area contributed by atoms with Gasteiger partial charge in [-0.2, -0.15) is 0 Å². The highest BCUT2D eigenvalue weighted by Gasteiger charge is 2.21. The number of rotatable bonds is 7. The number of anilines is 1. The summed E-state index contributed by atoms with van der Waals surface area (Å²) in [5, 5.41) is 10.1. The van der Waals surface area contributed by atoms with Crippen LogP contribution in [0, 0.1) is 12.7 Å². The van der Waals surface area contributed by atoms with Crippen LogP contribution in [0.15, 0.2) is 64.8 Å². The molecule has 10 heteroatoms. The Morgan fingerprint density at radius 3 is 2.76 bits per heavy atom. The van der Waals surface area contributed by atoms with E-state index in [4.69, 9.17) is 4.42 Å². The molecule has 0 saturated carbocycles. The van der Waals surface area contributed by atoms with E-state index < -0.39 is 26.6 Å². The molecule has 0 aliphatic rings. The van der Waals surface area contributed by atoms with Crippen molar-refractivity contribution in [1.29, 1.82) is 0 Å². The van der Waals surface area contributed by atoms with Crippen LogP contribution in [0.1, 0.15) is 15.9 Å². The van der Waals surface area contributed by atoms with Gasteiger partial charge in [-0.15, -0.1) is 16.8 Å². The number of hydrogen-bond donors (Lipinski definition) is 2. The van der Waals surface area contributed by atoms with Gasteiger partial charge in [0, 0.05) is 23.4 Å². The van der Waals surface area contributed by atoms with Crippen molar-refractivity contribution in [2.75, 3.05) is 11.9 Å². The van der Waals surface area contributed by atoms with Crippen LogP contribution in [0.3, 0.4) is 0 Å². The van der Waals surface area contributed by atoms with Crippen LogP contribution in [-0.4, -0.2) is 31.1 Å². The van der Waals surface area contributed by atoms with Crippen LogP contribution >= 0.6 is 0 Å². The zero-order valence-electron chi connectivity index (χ0n) is 15.3. The molecule has 0 unspecified atom stereocenters. The average Bonchev–Trinajstić information content (AvgIpc) is 3.23. The van der Waals surface area contributed by atoms with Gasteiger partial charge >= 0.3 is 0 Å². The summed E-state index contributed by atoms with van der Waals surface area (Å²) in [7, 11) is -4.13. The Morgan fingerprint density at radius 2 is 2.07 bits per heavy atom. The molecule has 0 aliphatic heterocycles. The largest absolute Gasteiger partial charge is 0.423 e. The Kier molecular flexibility index (Phi) is 5.85. The highest BCUT2D eigenvalue weighted by Crippen LogP contribution is 2.25. The van der Waals surface area contributed by atoms with Gasteiger partial charge in [-0.1, -0.05) is 12.1 Å². The monoisotopic (exact) mass is 416 g/mol. The number of carbonyl (C=O) groups excluding carboxylic acids is 1. The van der Waals surface area contributed by atoms with Gasteiger partial charge in [0.2, 0.25) is 22.3 Å². The smallest absolute Gasteiger partial charge is 0.255 e. The lowest BCUT2D eigenvalue weighted by Crippen LogP contribution is -2.25. The number of carbonyl (C=O) groups is 1. The fraction of sp³-hybridized carbons (Fsp3) is 0.105. The van der Waals surface area contributed by atoms with Crippen molar-refractivity contribution in [2.45, 2.75) is 11.8 Å². The van der Waals surface area contributed by atoms with E-state index in [1.54, 1.807) is 25.1 Å². The minimum Gasteiger partial charge on any atom is -0.423 e. The predicted molar refractivity (Wildman–Crippen MR) is 104 cm³/mol. The van der Waals surface area contributed by atoms with Crippen molar-refractivity contribution in [3.05, 3.63) is 72.4 Å².